The minimum atomic E-state index is -0.420. The van der Waals surface area contributed by atoms with Crippen molar-refractivity contribution in [2.24, 2.45) is 0 Å². The molecule has 4 heteroatoms. The van der Waals surface area contributed by atoms with E-state index in [-0.39, 0.29) is 40.8 Å². The van der Waals surface area contributed by atoms with Crippen LogP contribution in [0, 0.1) is 0 Å². The molecule has 0 aliphatic rings. The van der Waals surface area contributed by atoms with Crippen LogP contribution in [0.1, 0.15) is 18.6 Å². The van der Waals surface area contributed by atoms with Gasteiger partial charge in [-0.05, 0) is 19.5 Å². The van der Waals surface area contributed by atoms with Crippen molar-refractivity contribution in [3.8, 4) is 0 Å². The maximum absolute atomic E-state index is 9.73. The van der Waals surface area contributed by atoms with Crippen LogP contribution in [0.5, 0.6) is 0 Å². The number of nitrogens with one attached hydrogen (secondary N) is 1. The van der Waals surface area contributed by atoms with E-state index in [1.54, 1.807) is 0 Å². The number of benzene rings is 1. The largest absolute Gasteiger partial charge is 0.387 e. The molecule has 0 bridgehead atoms. The molecular formula is C10H16AuClNO. The van der Waals surface area contributed by atoms with Gasteiger partial charge in [-0.15, -0.1) is 12.4 Å². The zero-order valence-corrected chi connectivity index (χ0v) is 11.2. The first-order chi connectivity index (χ1) is 5.75. The Hall–Kier alpha value is 0.170. The van der Waals surface area contributed by atoms with Crippen LogP contribution >= 0.6 is 12.4 Å². The van der Waals surface area contributed by atoms with Gasteiger partial charge in [-0.1, -0.05) is 30.3 Å². The van der Waals surface area contributed by atoms with E-state index in [9.17, 15) is 5.11 Å². The topological polar surface area (TPSA) is 32.3 Å². The second kappa shape index (κ2) is 8.48. The van der Waals surface area contributed by atoms with Gasteiger partial charge in [-0.2, -0.15) is 0 Å². The summed E-state index contributed by atoms with van der Waals surface area (Å²) >= 11 is 0. The van der Waals surface area contributed by atoms with E-state index in [0.29, 0.717) is 0 Å². The molecule has 0 heterocycles. The van der Waals surface area contributed by atoms with Crippen LogP contribution in [0.2, 0.25) is 0 Å². The minimum absolute atomic E-state index is 0. The maximum Gasteiger partial charge on any atom is 0.0940 e. The van der Waals surface area contributed by atoms with Gasteiger partial charge in [-0.25, -0.2) is 0 Å². The summed E-state index contributed by atoms with van der Waals surface area (Å²) in [4.78, 5) is 0. The molecular weight excluding hydrogens is 383 g/mol. The van der Waals surface area contributed by atoms with Crippen molar-refractivity contribution in [1.29, 1.82) is 0 Å². The molecule has 0 aliphatic heterocycles. The van der Waals surface area contributed by atoms with Crippen LogP contribution in [-0.4, -0.2) is 18.2 Å². The predicted octanol–water partition coefficient (Wildman–Crippen LogP) is 1.75. The molecule has 0 saturated heterocycles. The quantitative estimate of drug-likeness (QED) is 0.761. The molecule has 0 amide bonds. The van der Waals surface area contributed by atoms with E-state index in [1.165, 1.54) is 0 Å². The van der Waals surface area contributed by atoms with E-state index in [1.807, 2.05) is 44.3 Å². The van der Waals surface area contributed by atoms with Gasteiger partial charge in [0.25, 0.3) is 0 Å². The van der Waals surface area contributed by atoms with Crippen molar-refractivity contribution in [3.05, 3.63) is 35.9 Å². The Balaban J connectivity index is 0. The summed E-state index contributed by atoms with van der Waals surface area (Å²) in [5.41, 5.74) is 0.958. The summed E-state index contributed by atoms with van der Waals surface area (Å²) in [6.07, 6.45) is -0.420. The fourth-order valence-electron chi connectivity index (χ4n) is 1.10. The Morgan fingerprint density at radius 1 is 1.21 bits per heavy atom. The molecule has 14 heavy (non-hydrogen) atoms. The third-order valence-corrected chi connectivity index (χ3v) is 2.07. The first kappa shape index (κ1) is 16.6. The van der Waals surface area contributed by atoms with Crippen molar-refractivity contribution < 1.29 is 27.5 Å². The van der Waals surface area contributed by atoms with Crippen molar-refractivity contribution in [2.45, 2.75) is 19.1 Å². The first-order valence-corrected chi connectivity index (χ1v) is 4.16. The summed E-state index contributed by atoms with van der Waals surface area (Å²) in [5.74, 6) is 0. The molecule has 0 aromatic heterocycles. The number of aliphatic hydroxyl groups excluding tert-OH is 1. The Bertz CT molecular complexity index is 233. The van der Waals surface area contributed by atoms with E-state index < -0.39 is 6.10 Å². The van der Waals surface area contributed by atoms with Gasteiger partial charge in [-0.3, -0.25) is 0 Å². The van der Waals surface area contributed by atoms with Crippen molar-refractivity contribution in [2.75, 3.05) is 7.05 Å². The summed E-state index contributed by atoms with van der Waals surface area (Å²) < 4.78 is 0. The molecule has 0 unspecified atom stereocenters. The molecule has 85 valence electrons. The Morgan fingerprint density at radius 2 is 1.71 bits per heavy atom. The SMILES string of the molecule is CN[C@@H](C)[C@@H](O)c1ccccc1.Cl.[Au]. The molecule has 0 spiro atoms. The number of halogens is 1. The van der Waals surface area contributed by atoms with Crippen LogP contribution in [-0.2, 0) is 22.4 Å². The Morgan fingerprint density at radius 3 is 2.14 bits per heavy atom. The van der Waals surface area contributed by atoms with Crippen LogP contribution in [0.4, 0.5) is 0 Å². The van der Waals surface area contributed by atoms with Crippen LogP contribution in [0.25, 0.3) is 0 Å². The smallest absolute Gasteiger partial charge is 0.0940 e. The third kappa shape index (κ3) is 4.60. The molecule has 1 aromatic carbocycles. The summed E-state index contributed by atoms with van der Waals surface area (Å²) in [7, 11) is 1.84. The fourth-order valence-corrected chi connectivity index (χ4v) is 1.10. The molecule has 0 aliphatic carbocycles. The maximum atomic E-state index is 9.73. The normalized spacial score (nSPS) is 13.4. The van der Waals surface area contributed by atoms with Crippen LogP contribution in [0.3, 0.4) is 0 Å². The number of aliphatic hydroxyl groups is 1. The molecule has 1 aromatic rings. The van der Waals surface area contributed by atoms with Gasteiger partial charge in [0.2, 0.25) is 0 Å². The van der Waals surface area contributed by atoms with E-state index in [4.69, 9.17) is 0 Å². The second-order valence-electron chi connectivity index (χ2n) is 2.93. The first-order valence-electron chi connectivity index (χ1n) is 4.16. The van der Waals surface area contributed by atoms with Crippen LogP contribution < -0.4 is 5.32 Å². The summed E-state index contributed by atoms with van der Waals surface area (Å²) in [5, 5.41) is 12.7. The number of hydrogen-bond acceptors (Lipinski definition) is 2. The number of likely N-dealkylation sites (N-methyl/N-ethyl adjacent to an activating group) is 1. The predicted molar refractivity (Wildman–Crippen MR) is 57.2 cm³/mol. The van der Waals surface area contributed by atoms with E-state index >= 15 is 0 Å². The molecule has 1 radical (unpaired) electrons. The zero-order chi connectivity index (χ0) is 8.97. The summed E-state index contributed by atoms with van der Waals surface area (Å²) in [6, 6.07) is 9.76. The van der Waals surface area contributed by atoms with Gasteiger partial charge in [0.1, 0.15) is 0 Å². The fraction of sp³-hybridized carbons (Fsp3) is 0.400. The Labute approximate surface area is 107 Å². The van der Waals surface area contributed by atoms with Gasteiger partial charge in [0, 0.05) is 28.4 Å². The molecule has 2 atom stereocenters. The van der Waals surface area contributed by atoms with Crippen molar-refractivity contribution in [3.63, 3.8) is 0 Å². The standard InChI is InChI=1S/C10H15NO.Au.ClH/c1-8(11-2)10(12)9-6-4-3-5-7-9;;/h3-8,10-12H,1-2H3;;1H/t8-,10+;;/m0../s1. The van der Waals surface area contributed by atoms with E-state index in [2.05, 4.69) is 5.32 Å². The molecule has 2 nitrogen and oxygen atoms in total. The molecule has 1 rings (SSSR count). The van der Waals surface area contributed by atoms with E-state index in [0.717, 1.165) is 5.56 Å². The van der Waals surface area contributed by atoms with Gasteiger partial charge in [0.15, 0.2) is 0 Å². The Kier molecular flexibility index (Phi) is 10.0. The number of rotatable bonds is 3. The van der Waals surface area contributed by atoms with Crippen molar-refractivity contribution >= 4 is 12.4 Å². The average Bonchev–Trinajstić information content (AvgIpc) is 2.17. The summed E-state index contributed by atoms with van der Waals surface area (Å²) in [6.45, 7) is 1.96. The average molecular weight is 399 g/mol. The molecule has 0 saturated carbocycles. The minimum Gasteiger partial charge on any atom is -0.387 e. The zero-order valence-electron chi connectivity index (χ0n) is 8.20. The van der Waals surface area contributed by atoms with Gasteiger partial charge in [0.05, 0.1) is 6.10 Å². The monoisotopic (exact) mass is 398 g/mol. The molecule has 0 fully saturated rings. The van der Waals surface area contributed by atoms with Crippen molar-refractivity contribution in [1.82, 2.24) is 5.32 Å². The molecule has 2 N–H and O–H groups in total. The number of hydrogen-bond donors (Lipinski definition) is 2. The third-order valence-electron chi connectivity index (χ3n) is 2.07. The van der Waals surface area contributed by atoms with Crippen LogP contribution in [0.15, 0.2) is 30.3 Å². The van der Waals surface area contributed by atoms with Gasteiger partial charge < -0.3 is 10.4 Å². The van der Waals surface area contributed by atoms with Gasteiger partial charge >= 0.3 is 0 Å². The second-order valence-corrected chi connectivity index (χ2v) is 2.93.